The lowest BCUT2D eigenvalue weighted by molar-refractivity contribution is -0.117. The van der Waals surface area contributed by atoms with Gasteiger partial charge in [-0.15, -0.1) is 24.0 Å². The molecule has 7 nitrogen and oxygen atoms in total. The standard InChI is InChI=1S/C21H25N5O2.HI/c1-2-22-21(23-14-19(27)24-16-9-5-3-6-10-16)25-17-13-20(28)26(15-17)18-11-7-4-8-12-18;/h3-12,17H,2,13-15H2,1H3,(H,24,27)(H2,22,23,25);1H. The number of nitrogens with zero attached hydrogens (tertiary/aromatic N) is 2. The second kappa shape index (κ2) is 11.4. The van der Waals surface area contributed by atoms with Gasteiger partial charge in [0.05, 0.1) is 6.04 Å². The number of rotatable bonds is 6. The van der Waals surface area contributed by atoms with Crippen LogP contribution in [0.15, 0.2) is 65.7 Å². The zero-order valence-corrected chi connectivity index (χ0v) is 18.6. The summed E-state index contributed by atoms with van der Waals surface area (Å²) < 4.78 is 0. The van der Waals surface area contributed by atoms with E-state index in [1.807, 2.05) is 67.6 Å². The van der Waals surface area contributed by atoms with Crippen LogP contribution in [0.4, 0.5) is 11.4 Å². The number of nitrogens with one attached hydrogen (secondary N) is 3. The molecule has 1 fully saturated rings. The van der Waals surface area contributed by atoms with Crippen molar-refractivity contribution >= 4 is 53.1 Å². The number of para-hydroxylation sites is 2. The Balaban J connectivity index is 0.00000300. The average molecular weight is 507 g/mol. The molecule has 1 aliphatic heterocycles. The highest BCUT2D eigenvalue weighted by atomic mass is 127. The van der Waals surface area contributed by atoms with E-state index in [0.717, 1.165) is 11.4 Å². The number of hydrogen-bond donors (Lipinski definition) is 3. The summed E-state index contributed by atoms with van der Waals surface area (Å²) in [5.74, 6) is 0.400. The molecule has 1 atom stereocenters. The summed E-state index contributed by atoms with van der Waals surface area (Å²) in [6.45, 7) is 3.17. The Morgan fingerprint density at radius 2 is 1.76 bits per heavy atom. The summed E-state index contributed by atoms with van der Waals surface area (Å²) in [7, 11) is 0. The van der Waals surface area contributed by atoms with Gasteiger partial charge in [0.25, 0.3) is 0 Å². The molecule has 0 spiro atoms. The zero-order valence-electron chi connectivity index (χ0n) is 16.3. The van der Waals surface area contributed by atoms with Crippen LogP contribution in [0.3, 0.4) is 0 Å². The number of amides is 2. The third-order valence-electron chi connectivity index (χ3n) is 4.32. The van der Waals surface area contributed by atoms with Crippen molar-refractivity contribution in [2.45, 2.75) is 19.4 Å². The van der Waals surface area contributed by atoms with Crippen LogP contribution in [-0.4, -0.2) is 43.5 Å². The third kappa shape index (κ3) is 6.74. The van der Waals surface area contributed by atoms with Crippen molar-refractivity contribution < 1.29 is 9.59 Å². The van der Waals surface area contributed by atoms with E-state index in [1.54, 1.807) is 4.90 Å². The highest BCUT2D eigenvalue weighted by Gasteiger charge is 2.31. The molecule has 2 amide bonds. The van der Waals surface area contributed by atoms with Crippen LogP contribution in [0.25, 0.3) is 0 Å². The van der Waals surface area contributed by atoms with Crippen LogP contribution in [-0.2, 0) is 9.59 Å². The van der Waals surface area contributed by atoms with Gasteiger partial charge in [0.15, 0.2) is 5.96 Å². The number of guanidine groups is 1. The Bertz CT molecular complexity index is 829. The van der Waals surface area contributed by atoms with Crippen molar-refractivity contribution in [1.82, 2.24) is 10.6 Å². The van der Waals surface area contributed by atoms with E-state index < -0.39 is 0 Å². The summed E-state index contributed by atoms with van der Waals surface area (Å²) in [4.78, 5) is 30.6. The number of carbonyl (C=O) groups is 2. The van der Waals surface area contributed by atoms with Gasteiger partial charge in [-0.2, -0.15) is 0 Å². The van der Waals surface area contributed by atoms with Crippen LogP contribution in [0.2, 0.25) is 0 Å². The molecule has 0 saturated carbocycles. The minimum absolute atomic E-state index is 0. The molecule has 2 aromatic rings. The molecule has 0 radical (unpaired) electrons. The fourth-order valence-corrected chi connectivity index (χ4v) is 3.05. The predicted molar refractivity (Wildman–Crippen MR) is 127 cm³/mol. The van der Waals surface area contributed by atoms with Gasteiger partial charge in [-0.3, -0.25) is 9.59 Å². The third-order valence-corrected chi connectivity index (χ3v) is 4.32. The number of halogens is 1. The minimum Gasteiger partial charge on any atom is -0.357 e. The lowest BCUT2D eigenvalue weighted by atomic mass is 10.2. The van der Waals surface area contributed by atoms with Crippen molar-refractivity contribution in [2.75, 3.05) is 29.9 Å². The molecule has 8 heteroatoms. The molecular weight excluding hydrogens is 481 g/mol. The average Bonchev–Trinajstić information content (AvgIpc) is 3.08. The van der Waals surface area contributed by atoms with Crippen molar-refractivity contribution in [2.24, 2.45) is 4.99 Å². The second-order valence-electron chi connectivity index (χ2n) is 6.49. The number of anilines is 2. The molecule has 1 heterocycles. The Morgan fingerprint density at radius 3 is 2.41 bits per heavy atom. The fourth-order valence-electron chi connectivity index (χ4n) is 3.05. The Morgan fingerprint density at radius 1 is 1.10 bits per heavy atom. The van der Waals surface area contributed by atoms with Crippen LogP contribution in [0.5, 0.6) is 0 Å². The molecule has 1 unspecified atom stereocenters. The molecule has 1 saturated heterocycles. The first-order valence-corrected chi connectivity index (χ1v) is 9.41. The summed E-state index contributed by atoms with van der Waals surface area (Å²) in [6, 6.07) is 18.8. The number of carbonyl (C=O) groups excluding carboxylic acids is 2. The Labute approximate surface area is 188 Å². The lowest BCUT2D eigenvalue weighted by Gasteiger charge is -2.19. The quantitative estimate of drug-likeness (QED) is 0.319. The van der Waals surface area contributed by atoms with E-state index in [2.05, 4.69) is 20.9 Å². The summed E-state index contributed by atoms with van der Waals surface area (Å²) in [6.07, 6.45) is 0.384. The number of benzene rings is 2. The van der Waals surface area contributed by atoms with E-state index in [9.17, 15) is 9.59 Å². The van der Waals surface area contributed by atoms with Crippen LogP contribution < -0.4 is 20.9 Å². The summed E-state index contributed by atoms with van der Waals surface area (Å²) in [5.41, 5.74) is 1.63. The molecular formula is C21H26IN5O2. The van der Waals surface area contributed by atoms with Gasteiger partial charge in [0.1, 0.15) is 6.54 Å². The Hall–Kier alpha value is -2.62. The number of aliphatic imine (C=N–C) groups is 1. The number of hydrogen-bond acceptors (Lipinski definition) is 3. The highest BCUT2D eigenvalue weighted by molar-refractivity contribution is 14.0. The topological polar surface area (TPSA) is 85.8 Å². The maximum absolute atomic E-state index is 12.4. The molecule has 3 N–H and O–H groups in total. The van der Waals surface area contributed by atoms with Crippen molar-refractivity contribution in [3.05, 3.63) is 60.7 Å². The van der Waals surface area contributed by atoms with Crippen molar-refractivity contribution in [3.63, 3.8) is 0 Å². The molecule has 0 aliphatic carbocycles. The summed E-state index contributed by atoms with van der Waals surface area (Å²) in [5, 5.41) is 9.19. The molecule has 0 aromatic heterocycles. The van der Waals surface area contributed by atoms with Crippen LogP contribution >= 0.6 is 24.0 Å². The zero-order chi connectivity index (χ0) is 19.8. The van der Waals surface area contributed by atoms with Gasteiger partial charge in [-0.25, -0.2) is 4.99 Å². The summed E-state index contributed by atoms with van der Waals surface area (Å²) >= 11 is 0. The van der Waals surface area contributed by atoms with E-state index in [-0.39, 0.29) is 48.4 Å². The van der Waals surface area contributed by atoms with E-state index in [1.165, 1.54) is 0 Å². The van der Waals surface area contributed by atoms with Crippen LogP contribution in [0.1, 0.15) is 13.3 Å². The van der Waals surface area contributed by atoms with E-state index in [4.69, 9.17) is 0 Å². The van der Waals surface area contributed by atoms with E-state index >= 15 is 0 Å². The van der Waals surface area contributed by atoms with Crippen LogP contribution in [0, 0.1) is 0 Å². The monoisotopic (exact) mass is 507 g/mol. The smallest absolute Gasteiger partial charge is 0.246 e. The van der Waals surface area contributed by atoms with Crippen molar-refractivity contribution in [1.29, 1.82) is 0 Å². The second-order valence-corrected chi connectivity index (χ2v) is 6.49. The lowest BCUT2D eigenvalue weighted by Crippen LogP contribution is -2.45. The van der Waals surface area contributed by atoms with Crippen molar-refractivity contribution in [3.8, 4) is 0 Å². The molecule has 2 aromatic carbocycles. The van der Waals surface area contributed by atoms with Gasteiger partial charge in [0, 0.05) is 30.9 Å². The normalized spacial score (nSPS) is 16.2. The first-order chi connectivity index (χ1) is 13.7. The first kappa shape index (κ1) is 22.7. The maximum Gasteiger partial charge on any atom is 0.246 e. The van der Waals surface area contributed by atoms with Gasteiger partial charge >= 0.3 is 0 Å². The van der Waals surface area contributed by atoms with Gasteiger partial charge in [-0.05, 0) is 31.2 Å². The molecule has 1 aliphatic rings. The molecule has 154 valence electrons. The SMILES string of the molecule is CCNC(=NCC(=O)Nc1ccccc1)NC1CC(=O)N(c2ccccc2)C1.I. The maximum atomic E-state index is 12.4. The highest BCUT2D eigenvalue weighted by Crippen LogP contribution is 2.20. The van der Waals surface area contributed by atoms with Gasteiger partial charge < -0.3 is 20.9 Å². The molecule has 3 rings (SSSR count). The predicted octanol–water partition coefficient (Wildman–Crippen LogP) is 2.60. The minimum atomic E-state index is -0.197. The molecule has 0 bridgehead atoms. The largest absolute Gasteiger partial charge is 0.357 e. The Kier molecular flexibility index (Phi) is 8.91. The fraction of sp³-hybridized carbons (Fsp3) is 0.286. The molecule has 29 heavy (non-hydrogen) atoms. The van der Waals surface area contributed by atoms with Gasteiger partial charge in [0.2, 0.25) is 11.8 Å². The first-order valence-electron chi connectivity index (χ1n) is 9.41. The van der Waals surface area contributed by atoms with Gasteiger partial charge in [-0.1, -0.05) is 36.4 Å². The van der Waals surface area contributed by atoms with E-state index in [0.29, 0.717) is 25.5 Å².